The normalized spacial score (nSPS) is 11.7. The van der Waals surface area contributed by atoms with Crippen molar-refractivity contribution in [2.75, 3.05) is 28.4 Å². The second-order valence-electron chi connectivity index (χ2n) is 5.41. The predicted molar refractivity (Wildman–Crippen MR) is 90.7 cm³/mol. The number of hydrogen-bond donors (Lipinski definition) is 2. The Balaban J connectivity index is 2.65. The molecule has 2 rings (SSSR count). The van der Waals surface area contributed by atoms with Crippen molar-refractivity contribution in [1.82, 2.24) is 10.2 Å². The van der Waals surface area contributed by atoms with Gasteiger partial charge in [0, 0.05) is 17.2 Å². The van der Waals surface area contributed by atoms with Crippen molar-refractivity contribution in [1.29, 1.82) is 0 Å². The topological polar surface area (TPSA) is 103 Å². The minimum atomic E-state index is -0.531. The minimum Gasteiger partial charge on any atom is -0.493 e. The average molecular weight is 350 g/mol. The van der Waals surface area contributed by atoms with Gasteiger partial charge in [0.25, 0.3) is 5.56 Å². The van der Waals surface area contributed by atoms with Crippen LogP contribution in [0.4, 0.5) is 0 Å². The number of methoxy groups -OCH3 is 4. The first-order chi connectivity index (χ1) is 12.0. The third-order valence-corrected chi connectivity index (χ3v) is 4.05. The highest BCUT2D eigenvalue weighted by atomic mass is 16.5. The first-order valence-corrected chi connectivity index (χ1v) is 7.60. The summed E-state index contributed by atoms with van der Waals surface area (Å²) in [5.74, 6) is 0.354. The number of aryl methyl sites for hydroxylation is 1. The van der Waals surface area contributed by atoms with Gasteiger partial charge in [-0.25, -0.2) is 0 Å². The monoisotopic (exact) mass is 350 g/mol. The molecule has 0 spiro atoms. The number of aromatic amines is 2. The molecule has 136 valence electrons. The fourth-order valence-corrected chi connectivity index (χ4v) is 2.81. The van der Waals surface area contributed by atoms with Crippen LogP contribution < -0.4 is 19.8 Å². The van der Waals surface area contributed by atoms with Crippen LogP contribution in [-0.2, 0) is 9.53 Å². The Hall–Kier alpha value is -2.90. The van der Waals surface area contributed by atoms with E-state index in [9.17, 15) is 9.59 Å². The van der Waals surface area contributed by atoms with Gasteiger partial charge in [0.05, 0.1) is 34.9 Å². The zero-order valence-electron chi connectivity index (χ0n) is 14.9. The van der Waals surface area contributed by atoms with Crippen molar-refractivity contribution < 1.29 is 23.7 Å². The summed E-state index contributed by atoms with van der Waals surface area (Å²) in [4.78, 5) is 24.1. The number of aromatic nitrogens is 2. The van der Waals surface area contributed by atoms with Crippen LogP contribution in [0.5, 0.6) is 17.2 Å². The number of benzene rings is 1. The Bertz CT molecular complexity index is 783. The van der Waals surface area contributed by atoms with Crippen molar-refractivity contribution in [3.8, 4) is 17.2 Å². The maximum absolute atomic E-state index is 12.2. The van der Waals surface area contributed by atoms with E-state index in [0.717, 1.165) is 0 Å². The molecule has 0 bridgehead atoms. The maximum Gasteiger partial charge on any atom is 0.306 e. The third-order valence-electron chi connectivity index (χ3n) is 4.05. The number of H-pyrrole nitrogens is 2. The van der Waals surface area contributed by atoms with E-state index in [1.807, 2.05) is 0 Å². The molecule has 1 aromatic carbocycles. The summed E-state index contributed by atoms with van der Waals surface area (Å²) in [7, 11) is 5.82. The summed E-state index contributed by atoms with van der Waals surface area (Å²) in [6.45, 7) is 1.76. The Kier molecular flexibility index (Phi) is 5.74. The number of nitrogens with one attached hydrogen (secondary N) is 2. The summed E-state index contributed by atoms with van der Waals surface area (Å²) >= 11 is 0. The molecule has 0 aliphatic carbocycles. The van der Waals surface area contributed by atoms with Crippen LogP contribution in [-0.4, -0.2) is 44.6 Å². The largest absolute Gasteiger partial charge is 0.493 e. The van der Waals surface area contributed by atoms with Gasteiger partial charge in [-0.1, -0.05) is 0 Å². The molecule has 2 N–H and O–H groups in total. The molecular formula is C17H22N2O6. The van der Waals surface area contributed by atoms with E-state index in [1.165, 1.54) is 28.4 Å². The quantitative estimate of drug-likeness (QED) is 0.737. The number of ether oxygens (including phenoxy) is 4. The number of esters is 1. The lowest BCUT2D eigenvalue weighted by molar-refractivity contribution is -0.140. The van der Waals surface area contributed by atoms with Gasteiger partial charge in [0.1, 0.15) is 0 Å². The summed E-state index contributed by atoms with van der Waals surface area (Å²) in [5, 5.41) is 5.32. The highest BCUT2D eigenvalue weighted by Crippen LogP contribution is 2.42. The van der Waals surface area contributed by atoms with E-state index < -0.39 is 11.9 Å². The Labute approximate surface area is 145 Å². The standard InChI is InChI=1S/C17H22N2O6/c1-9-15(17(21)19-18-9)11(8-14(20)24-4)10-6-12(22-2)16(25-5)13(7-10)23-3/h6-7,11H,8H2,1-5H3,(H2,18,19,21)/t11-/m1/s1. The van der Waals surface area contributed by atoms with E-state index in [-0.39, 0.29) is 12.0 Å². The third kappa shape index (κ3) is 3.62. The lowest BCUT2D eigenvalue weighted by Crippen LogP contribution is -2.17. The van der Waals surface area contributed by atoms with E-state index in [4.69, 9.17) is 18.9 Å². The van der Waals surface area contributed by atoms with E-state index in [0.29, 0.717) is 34.1 Å². The van der Waals surface area contributed by atoms with Gasteiger partial charge in [0.2, 0.25) is 5.75 Å². The average Bonchev–Trinajstić information content (AvgIpc) is 2.96. The smallest absolute Gasteiger partial charge is 0.306 e. The molecule has 0 unspecified atom stereocenters. The van der Waals surface area contributed by atoms with Crippen molar-refractivity contribution in [3.63, 3.8) is 0 Å². The molecule has 0 amide bonds. The fourth-order valence-electron chi connectivity index (χ4n) is 2.81. The molecule has 8 heteroatoms. The molecule has 1 heterocycles. The highest BCUT2D eigenvalue weighted by molar-refractivity contribution is 5.71. The van der Waals surface area contributed by atoms with Crippen LogP contribution in [0, 0.1) is 6.92 Å². The van der Waals surface area contributed by atoms with Crippen molar-refractivity contribution >= 4 is 5.97 Å². The zero-order chi connectivity index (χ0) is 18.6. The maximum atomic E-state index is 12.2. The van der Waals surface area contributed by atoms with Crippen molar-refractivity contribution in [2.24, 2.45) is 0 Å². The van der Waals surface area contributed by atoms with Crippen molar-refractivity contribution in [3.05, 3.63) is 39.3 Å². The molecule has 0 aliphatic heterocycles. The molecule has 1 atom stereocenters. The lowest BCUT2D eigenvalue weighted by atomic mass is 9.88. The Morgan fingerprint density at radius 1 is 1.04 bits per heavy atom. The Morgan fingerprint density at radius 2 is 1.64 bits per heavy atom. The van der Waals surface area contributed by atoms with Gasteiger partial charge in [-0.05, 0) is 24.6 Å². The van der Waals surface area contributed by atoms with Crippen LogP contribution in [0.1, 0.15) is 29.2 Å². The second kappa shape index (κ2) is 7.78. The van der Waals surface area contributed by atoms with Crippen LogP contribution in [0.3, 0.4) is 0 Å². The number of rotatable bonds is 7. The van der Waals surface area contributed by atoms with E-state index in [2.05, 4.69) is 10.2 Å². The first kappa shape index (κ1) is 18.4. The molecule has 1 aromatic heterocycles. The first-order valence-electron chi connectivity index (χ1n) is 7.60. The van der Waals surface area contributed by atoms with Gasteiger partial charge < -0.3 is 24.0 Å². The highest BCUT2D eigenvalue weighted by Gasteiger charge is 2.27. The molecule has 25 heavy (non-hydrogen) atoms. The molecule has 0 saturated carbocycles. The van der Waals surface area contributed by atoms with Crippen LogP contribution in [0.25, 0.3) is 0 Å². The molecule has 0 aliphatic rings. The number of carbonyl (C=O) groups is 1. The summed E-state index contributed by atoms with van der Waals surface area (Å²) < 4.78 is 20.8. The predicted octanol–water partition coefficient (Wildman–Crippen LogP) is 1.73. The fraction of sp³-hybridized carbons (Fsp3) is 0.412. The van der Waals surface area contributed by atoms with E-state index in [1.54, 1.807) is 19.1 Å². The van der Waals surface area contributed by atoms with Crippen LogP contribution in [0.2, 0.25) is 0 Å². The number of hydrogen-bond acceptors (Lipinski definition) is 6. The number of carbonyl (C=O) groups excluding carboxylic acids is 1. The second-order valence-corrected chi connectivity index (χ2v) is 5.41. The van der Waals surface area contributed by atoms with Gasteiger partial charge in [-0.15, -0.1) is 0 Å². The summed E-state index contributed by atoms with van der Waals surface area (Å²) in [5.41, 5.74) is 1.49. The SMILES string of the molecule is COC(=O)C[C@H](c1cc(OC)c(OC)c(OC)c1)c1c(C)[nH][nH]c1=O. The Morgan fingerprint density at radius 3 is 2.04 bits per heavy atom. The molecule has 2 aromatic rings. The van der Waals surface area contributed by atoms with Gasteiger partial charge in [0.15, 0.2) is 11.5 Å². The molecule has 0 fully saturated rings. The van der Waals surface area contributed by atoms with E-state index >= 15 is 0 Å². The van der Waals surface area contributed by atoms with Crippen molar-refractivity contribution in [2.45, 2.75) is 19.3 Å². The molecular weight excluding hydrogens is 328 g/mol. The minimum absolute atomic E-state index is 0.00306. The lowest BCUT2D eigenvalue weighted by Gasteiger charge is -2.19. The van der Waals surface area contributed by atoms with Gasteiger partial charge >= 0.3 is 5.97 Å². The molecule has 8 nitrogen and oxygen atoms in total. The summed E-state index contributed by atoms with van der Waals surface area (Å²) in [6, 6.07) is 3.45. The van der Waals surface area contributed by atoms with Crippen LogP contribution in [0.15, 0.2) is 16.9 Å². The summed E-state index contributed by atoms with van der Waals surface area (Å²) in [6.07, 6.45) is -0.00306. The molecule has 0 saturated heterocycles. The zero-order valence-corrected chi connectivity index (χ0v) is 14.9. The van der Waals surface area contributed by atoms with Crippen LogP contribution >= 0.6 is 0 Å². The van der Waals surface area contributed by atoms with Gasteiger partial charge in [-0.3, -0.25) is 14.7 Å². The molecule has 0 radical (unpaired) electrons. The van der Waals surface area contributed by atoms with Gasteiger partial charge in [-0.2, -0.15) is 0 Å².